The van der Waals surface area contributed by atoms with Crippen LogP contribution in [0.3, 0.4) is 0 Å². The third-order valence-corrected chi connectivity index (χ3v) is 3.45. The normalized spacial score (nSPS) is 12.6. The van der Waals surface area contributed by atoms with Crippen LogP contribution in [-0.4, -0.2) is 33.3 Å². The van der Waals surface area contributed by atoms with E-state index in [4.69, 9.17) is 16.7 Å². The summed E-state index contributed by atoms with van der Waals surface area (Å²) in [5.74, 6) is 0. The largest absolute Gasteiger partial charge is 0.396 e. The van der Waals surface area contributed by atoms with Gasteiger partial charge in [0, 0.05) is 11.6 Å². The molecule has 2 rings (SSSR count). The Bertz CT molecular complexity index is 553. The number of hydrogen-bond donors (Lipinski definition) is 2. The molecule has 0 saturated carbocycles. The van der Waals surface area contributed by atoms with Gasteiger partial charge in [0.25, 0.3) is 0 Å². The van der Waals surface area contributed by atoms with Gasteiger partial charge in [-0.25, -0.2) is 4.68 Å². The molecular formula is C14H19ClN4O. The predicted molar refractivity (Wildman–Crippen MR) is 79.2 cm³/mol. The van der Waals surface area contributed by atoms with E-state index in [1.54, 1.807) is 4.68 Å². The average Bonchev–Trinajstić information content (AvgIpc) is 2.82. The first-order valence-corrected chi connectivity index (χ1v) is 7.03. The number of nitrogens with one attached hydrogen (secondary N) is 1. The third-order valence-electron chi connectivity index (χ3n) is 3.20. The van der Waals surface area contributed by atoms with Crippen molar-refractivity contribution in [1.82, 2.24) is 20.3 Å². The van der Waals surface area contributed by atoms with Crippen LogP contribution < -0.4 is 5.32 Å². The van der Waals surface area contributed by atoms with Crippen molar-refractivity contribution in [2.75, 3.05) is 13.2 Å². The molecule has 20 heavy (non-hydrogen) atoms. The van der Waals surface area contributed by atoms with E-state index in [2.05, 4.69) is 15.6 Å². The minimum atomic E-state index is 0.0996. The van der Waals surface area contributed by atoms with Crippen molar-refractivity contribution in [3.05, 3.63) is 40.7 Å². The van der Waals surface area contributed by atoms with Crippen molar-refractivity contribution < 1.29 is 5.11 Å². The van der Waals surface area contributed by atoms with Crippen LogP contribution in [0.4, 0.5) is 0 Å². The smallest absolute Gasteiger partial charge is 0.103 e. The van der Waals surface area contributed by atoms with Crippen molar-refractivity contribution in [2.45, 2.75) is 26.3 Å². The third kappa shape index (κ3) is 3.36. The Morgan fingerprint density at radius 2 is 2.05 bits per heavy atom. The van der Waals surface area contributed by atoms with Crippen LogP contribution in [0.15, 0.2) is 24.3 Å². The molecule has 0 aliphatic heterocycles. The van der Waals surface area contributed by atoms with Crippen LogP contribution in [0, 0.1) is 6.92 Å². The van der Waals surface area contributed by atoms with Gasteiger partial charge >= 0.3 is 0 Å². The fourth-order valence-electron chi connectivity index (χ4n) is 2.06. The van der Waals surface area contributed by atoms with Gasteiger partial charge in [-0.15, -0.1) is 5.10 Å². The second-order valence-corrected chi connectivity index (χ2v) is 5.14. The molecule has 1 aromatic carbocycles. The molecule has 0 amide bonds. The number of hydrogen-bond acceptors (Lipinski definition) is 4. The van der Waals surface area contributed by atoms with Crippen LogP contribution >= 0.6 is 11.6 Å². The summed E-state index contributed by atoms with van der Waals surface area (Å²) >= 11 is 5.89. The lowest BCUT2D eigenvalue weighted by Crippen LogP contribution is -2.21. The summed E-state index contributed by atoms with van der Waals surface area (Å²) in [5.41, 5.74) is 2.85. The number of aliphatic hydroxyl groups is 1. The number of aliphatic hydroxyl groups excluding tert-OH is 1. The van der Waals surface area contributed by atoms with Crippen LogP contribution in [0.25, 0.3) is 5.69 Å². The minimum absolute atomic E-state index is 0.0996. The summed E-state index contributed by atoms with van der Waals surface area (Å²) in [6, 6.07) is 7.60. The van der Waals surface area contributed by atoms with Crippen LogP contribution in [0.5, 0.6) is 0 Å². The van der Waals surface area contributed by atoms with E-state index in [1.165, 1.54) is 0 Å². The molecule has 2 N–H and O–H groups in total. The number of rotatable bonds is 6. The van der Waals surface area contributed by atoms with Gasteiger partial charge < -0.3 is 10.4 Å². The molecule has 0 spiro atoms. The average molecular weight is 295 g/mol. The van der Waals surface area contributed by atoms with Gasteiger partial charge in [0.1, 0.15) is 5.69 Å². The monoisotopic (exact) mass is 294 g/mol. The fraction of sp³-hybridized carbons (Fsp3) is 0.429. The van der Waals surface area contributed by atoms with Gasteiger partial charge in [-0.2, -0.15) is 0 Å². The number of aromatic nitrogens is 3. The first-order chi connectivity index (χ1) is 9.63. The molecule has 2 aromatic rings. The molecule has 0 fully saturated rings. The van der Waals surface area contributed by atoms with E-state index in [9.17, 15) is 0 Å². The predicted octanol–water partition coefficient (Wildman–Crippen LogP) is 2.26. The maximum atomic E-state index is 8.80. The molecule has 0 aliphatic carbocycles. The molecule has 0 saturated heterocycles. The van der Waals surface area contributed by atoms with Crippen molar-refractivity contribution in [3.8, 4) is 5.69 Å². The molecule has 5 nitrogen and oxygen atoms in total. The lowest BCUT2D eigenvalue weighted by Gasteiger charge is -2.11. The highest BCUT2D eigenvalue weighted by Crippen LogP contribution is 2.19. The van der Waals surface area contributed by atoms with E-state index in [0.29, 0.717) is 5.02 Å². The molecule has 108 valence electrons. The Morgan fingerprint density at radius 1 is 1.35 bits per heavy atom. The number of benzene rings is 1. The van der Waals surface area contributed by atoms with Crippen molar-refractivity contribution >= 4 is 11.6 Å². The topological polar surface area (TPSA) is 63.0 Å². The van der Waals surface area contributed by atoms with Gasteiger partial charge in [0.2, 0.25) is 0 Å². The molecule has 1 unspecified atom stereocenters. The summed E-state index contributed by atoms with van der Waals surface area (Å²) in [7, 11) is 0. The fourth-order valence-corrected chi connectivity index (χ4v) is 2.19. The Hall–Kier alpha value is -1.43. The Balaban J connectivity index is 2.16. The van der Waals surface area contributed by atoms with E-state index in [-0.39, 0.29) is 12.6 Å². The lowest BCUT2D eigenvalue weighted by molar-refractivity contribution is 0.283. The van der Waals surface area contributed by atoms with E-state index in [0.717, 1.165) is 30.0 Å². The summed E-state index contributed by atoms with van der Waals surface area (Å²) in [4.78, 5) is 0. The highest BCUT2D eigenvalue weighted by Gasteiger charge is 2.15. The van der Waals surface area contributed by atoms with Gasteiger partial charge in [-0.3, -0.25) is 0 Å². The van der Waals surface area contributed by atoms with Crippen molar-refractivity contribution in [2.24, 2.45) is 0 Å². The van der Waals surface area contributed by atoms with Crippen LogP contribution in [0.1, 0.15) is 30.8 Å². The number of nitrogens with zero attached hydrogens (tertiary/aromatic N) is 3. The summed E-state index contributed by atoms with van der Waals surface area (Å²) in [6.45, 7) is 4.98. The molecular weight excluding hydrogens is 276 g/mol. The maximum absolute atomic E-state index is 8.80. The second kappa shape index (κ2) is 6.83. The molecule has 1 aromatic heterocycles. The van der Waals surface area contributed by atoms with Crippen molar-refractivity contribution in [3.63, 3.8) is 0 Å². The standard InChI is InChI=1S/C14H19ClN4O/c1-10(16-8-3-9-20)14-11(2)19(18-17-14)13-6-4-12(15)5-7-13/h4-7,10,16,20H,3,8-9H2,1-2H3. The molecule has 1 atom stereocenters. The van der Waals surface area contributed by atoms with Crippen LogP contribution in [0.2, 0.25) is 5.02 Å². The van der Waals surface area contributed by atoms with Gasteiger partial charge in [-0.05, 0) is 51.1 Å². The van der Waals surface area contributed by atoms with E-state index in [1.807, 2.05) is 38.1 Å². The zero-order chi connectivity index (χ0) is 14.5. The lowest BCUT2D eigenvalue weighted by atomic mass is 10.2. The van der Waals surface area contributed by atoms with Crippen molar-refractivity contribution in [1.29, 1.82) is 0 Å². The summed E-state index contributed by atoms with van der Waals surface area (Å²) in [5, 5.41) is 21.3. The minimum Gasteiger partial charge on any atom is -0.396 e. The Labute approximate surface area is 123 Å². The molecule has 0 radical (unpaired) electrons. The second-order valence-electron chi connectivity index (χ2n) is 4.70. The molecule has 6 heteroatoms. The quantitative estimate of drug-likeness (QED) is 0.802. The zero-order valence-corrected chi connectivity index (χ0v) is 12.4. The maximum Gasteiger partial charge on any atom is 0.103 e. The van der Waals surface area contributed by atoms with Crippen LogP contribution in [-0.2, 0) is 0 Å². The summed E-state index contributed by atoms with van der Waals surface area (Å²) < 4.78 is 1.80. The van der Waals surface area contributed by atoms with Gasteiger partial charge in [-0.1, -0.05) is 16.8 Å². The SMILES string of the molecule is Cc1c(C(C)NCCCO)nnn1-c1ccc(Cl)cc1. The van der Waals surface area contributed by atoms with E-state index >= 15 is 0 Å². The molecule has 0 aliphatic rings. The zero-order valence-electron chi connectivity index (χ0n) is 11.7. The highest BCUT2D eigenvalue weighted by molar-refractivity contribution is 6.30. The first-order valence-electron chi connectivity index (χ1n) is 6.66. The molecule has 1 heterocycles. The Morgan fingerprint density at radius 3 is 2.70 bits per heavy atom. The highest BCUT2D eigenvalue weighted by atomic mass is 35.5. The van der Waals surface area contributed by atoms with Gasteiger partial charge in [0.15, 0.2) is 0 Å². The van der Waals surface area contributed by atoms with Gasteiger partial charge in [0.05, 0.1) is 17.4 Å². The summed E-state index contributed by atoms with van der Waals surface area (Å²) in [6.07, 6.45) is 0.731. The van der Waals surface area contributed by atoms with E-state index < -0.39 is 0 Å². The first kappa shape index (κ1) is 15.0. The Kier molecular flexibility index (Phi) is 5.11. The molecule has 0 bridgehead atoms. The number of halogens is 1.